The van der Waals surface area contributed by atoms with E-state index in [4.69, 9.17) is 11.6 Å². The average Bonchev–Trinajstić information content (AvgIpc) is 2.53. The molecule has 1 amide bonds. The lowest BCUT2D eigenvalue weighted by atomic mass is 10.1. The normalized spacial score (nSPS) is 10.8. The smallest absolute Gasteiger partial charge is 0.243 e. The summed E-state index contributed by atoms with van der Waals surface area (Å²) in [6, 6.07) is 7.79. The predicted octanol–water partition coefficient (Wildman–Crippen LogP) is 2.49. The lowest BCUT2D eigenvalue weighted by molar-refractivity contribution is -0.127. The van der Waals surface area contributed by atoms with Gasteiger partial charge in [-0.2, -0.15) is 11.8 Å². The second-order valence-electron chi connectivity index (χ2n) is 5.14. The van der Waals surface area contributed by atoms with Crippen LogP contribution in [0.4, 0.5) is 0 Å². The fraction of sp³-hybridized carbons (Fsp3) is 0.500. The number of hydrogen-bond acceptors (Lipinski definition) is 3. The SMILES string of the molecule is CSCCNC(=NCC(=O)N(C)C)NCCc1ccccc1Cl.I. The highest BCUT2D eigenvalue weighted by Crippen LogP contribution is 2.14. The van der Waals surface area contributed by atoms with Crippen molar-refractivity contribution in [2.45, 2.75) is 6.42 Å². The lowest BCUT2D eigenvalue weighted by Crippen LogP contribution is -2.40. The molecule has 1 rings (SSSR count). The Morgan fingerprint density at radius 2 is 1.92 bits per heavy atom. The zero-order chi connectivity index (χ0) is 17.1. The van der Waals surface area contributed by atoms with Gasteiger partial charge in [-0.1, -0.05) is 29.8 Å². The van der Waals surface area contributed by atoms with Gasteiger partial charge in [0.1, 0.15) is 6.54 Å². The minimum Gasteiger partial charge on any atom is -0.356 e. The van der Waals surface area contributed by atoms with Crippen LogP contribution < -0.4 is 10.6 Å². The number of halogens is 2. The maximum atomic E-state index is 11.7. The topological polar surface area (TPSA) is 56.7 Å². The summed E-state index contributed by atoms with van der Waals surface area (Å²) in [4.78, 5) is 17.5. The predicted molar refractivity (Wildman–Crippen MR) is 116 cm³/mol. The van der Waals surface area contributed by atoms with Crippen LogP contribution in [-0.2, 0) is 11.2 Å². The number of nitrogens with zero attached hydrogens (tertiary/aromatic N) is 2. The molecule has 0 fully saturated rings. The van der Waals surface area contributed by atoms with E-state index in [1.807, 2.05) is 24.3 Å². The van der Waals surface area contributed by atoms with Crippen LogP contribution in [0, 0.1) is 0 Å². The minimum absolute atomic E-state index is 0. The molecular formula is C16H26ClIN4OS. The Balaban J connectivity index is 0.00000529. The van der Waals surface area contributed by atoms with Crippen molar-refractivity contribution in [3.05, 3.63) is 34.9 Å². The molecule has 2 N–H and O–H groups in total. The monoisotopic (exact) mass is 484 g/mol. The Kier molecular flexibility index (Phi) is 13.2. The molecule has 0 radical (unpaired) electrons. The van der Waals surface area contributed by atoms with E-state index in [-0.39, 0.29) is 36.4 Å². The first-order valence-corrected chi connectivity index (χ1v) is 9.26. The van der Waals surface area contributed by atoms with Gasteiger partial charge in [0.2, 0.25) is 5.91 Å². The number of likely N-dealkylation sites (N-methyl/N-ethyl adjacent to an activating group) is 1. The van der Waals surface area contributed by atoms with Crippen LogP contribution in [0.3, 0.4) is 0 Å². The largest absolute Gasteiger partial charge is 0.356 e. The molecule has 0 atom stereocenters. The van der Waals surface area contributed by atoms with Crippen LogP contribution in [-0.4, -0.2) is 62.5 Å². The number of carbonyl (C=O) groups excluding carboxylic acids is 1. The molecule has 8 heteroatoms. The van der Waals surface area contributed by atoms with E-state index in [9.17, 15) is 4.79 Å². The van der Waals surface area contributed by atoms with Crippen molar-refractivity contribution < 1.29 is 4.79 Å². The number of rotatable bonds is 8. The summed E-state index contributed by atoms with van der Waals surface area (Å²) in [5.74, 6) is 1.61. The van der Waals surface area contributed by atoms with Crippen LogP contribution in [0.2, 0.25) is 5.02 Å². The average molecular weight is 485 g/mol. The molecule has 5 nitrogen and oxygen atoms in total. The molecule has 0 saturated carbocycles. The van der Waals surface area contributed by atoms with Crippen molar-refractivity contribution in [1.29, 1.82) is 0 Å². The highest BCUT2D eigenvalue weighted by Gasteiger charge is 2.05. The fourth-order valence-electron chi connectivity index (χ4n) is 1.75. The van der Waals surface area contributed by atoms with Gasteiger partial charge in [-0.25, -0.2) is 4.99 Å². The Morgan fingerprint density at radius 1 is 1.25 bits per heavy atom. The number of amides is 1. The third-order valence-corrected chi connectivity index (χ3v) is 4.10. The first kappa shape index (κ1) is 23.3. The molecule has 0 bridgehead atoms. The Morgan fingerprint density at radius 3 is 2.54 bits per heavy atom. The molecule has 24 heavy (non-hydrogen) atoms. The van der Waals surface area contributed by atoms with Crippen LogP contribution in [0.15, 0.2) is 29.3 Å². The van der Waals surface area contributed by atoms with Gasteiger partial charge in [0.05, 0.1) is 0 Å². The van der Waals surface area contributed by atoms with Gasteiger partial charge in [0.15, 0.2) is 5.96 Å². The van der Waals surface area contributed by atoms with Crippen molar-refractivity contribution in [2.75, 3.05) is 45.7 Å². The molecule has 0 aromatic heterocycles. The molecule has 0 unspecified atom stereocenters. The molecule has 1 aromatic carbocycles. The number of nitrogens with one attached hydrogen (secondary N) is 2. The van der Waals surface area contributed by atoms with Crippen LogP contribution in [0.25, 0.3) is 0 Å². The van der Waals surface area contributed by atoms with Crippen LogP contribution >= 0.6 is 47.3 Å². The van der Waals surface area contributed by atoms with Gasteiger partial charge in [-0.3, -0.25) is 4.79 Å². The van der Waals surface area contributed by atoms with Gasteiger partial charge < -0.3 is 15.5 Å². The summed E-state index contributed by atoms with van der Waals surface area (Å²) in [7, 11) is 3.45. The van der Waals surface area contributed by atoms with Crippen molar-refractivity contribution in [3.63, 3.8) is 0 Å². The van der Waals surface area contributed by atoms with Gasteiger partial charge in [-0.15, -0.1) is 24.0 Å². The van der Waals surface area contributed by atoms with Crippen molar-refractivity contribution in [3.8, 4) is 0 Å². The summed E-state index contributed by atoms with van der Waals surface area (Å²) in [5.41, 5.74) is 1.09. The summed E-state index contributed by atoms with van der Waals surface area (Å²) < 4.78 is 0. The lowest BCUT2D eigenvalue weighted by Gasteiger charge is -2.14. The van der Waals surface area contributed by atoms with Crippen molar-refractivity contribution in [2.24, 2.45) is 4.99 Å². The molecule has 0 spiro atoms. The van der Waals surface area contributed by atoms with E-state index < -0.39 is 0 Å². The quantitative estimate of drug-likeness (QED) is 0.258. The standard InChI is InChI=1S/C16H25ClN4OS.HI/c1-21(2)15(22)12-20-16(19-10-11-23-3)18-9-8-13-6-4-5-7-14(13)17;/h4-7H,8-12H2,1-3H3,(H2,18,19,20);1H. The van der Waals surface area contributed by atoms with E-state index in [0.29, 0.717) is 12.5 Å². The maximum Gasteiger partial charge on any atom is 0.243 e. The summed E-state index contributed by atoms with van der Waals surface area (Å²) in [5, 5.41) is 7.25. The number of hydrogen-bond donors (Lipinski definition) is 2. The Bertz CT molecular complexity index is 529. The number of carbonyl (C=O) groups is 1. The summed E-state index contributed by atoms with van der Waals surface area (Å²) >= 11 is 7.91. The number of guanidine groups is 1. The van der Waals surface area contributed by atoms with Crippen molar-refractivity contribution in [1.82, 2.24) is 15.5 Å². The number of aliphatic imine (C=N–C) groups is 1. The Hall–Kier alpha value is -0.670. The van der Waals surface area contributed by atoms with Crippen molar-refractivity contribution >= 4 is 59.2 Å². The Labute approximate surface area is 171 Å². The maximum absolute atomic E-state index is 11.7. The van der Waals surface area contributed by atoms with Gasteiger partial charge >= 0.3 is 0 Å². The van der Waals surface area contributed by atoms with E-state index >= 15 is 0 Å². The van der Waals surface area contributed by atoms with Gasteiger partial charge in [0, 0.05) is 38.0 Å². The zero-order valence-corrected chi connectivity index (χ0v) is 18.2. The first-order chi connectivity index (χ1) is 11.0. The second-order valence-corrected chi connectivity index (χ2v) is 6.53. The third kappa shape index (κ3) is 9.58. The fourth-order valence-corrected chi connectivity index (χ4v) is 2.29. The van der Waals surface area contributed by atoms with Gasteiger partial charge in [-0.05, 0) is 24.3 Å². The van der Waals surface area contributed by atoms with Gasteiger partial charge in [0.25, 0.3) is 0 Å². The second kappa shape index (κ2) is 13.6. The van der Waals surface area contributed by atoms with E-state index in [1.165, 1.54) is 4.90 Å². The summed E-state index contributed by atoms with van der Waals surface area (Å²) in [6.45, 7) is 1.63. The van der Waals surface area contributed by atoms with E-state index in [0.717, 1.165) is 29.3 Å². The number of benzene rings is 1. The molecule has 1 aromatic rings. The molecule has 0 aliphatic heterocycles. The number of thioether (sulfide) groups is 1. The van der Waals surface area contributed by atoms with Crippen LogP contribution in [0.5, 0.6) is 0 Å². The first-order valence-electron chi connectivity index (χ1n) is 7.49. The highest BCUT2D eigenvalue weighted by atomic mass is 127. The summed E-state index contributed by atoms with van der Waals surface area (Å²) in [6.07, 6.45) is 2.85. The molecule has 0 aliphatic rings. The molecule has 136 valence electrons. The molecule has 0 saturated heterocycles. The van der Waals surface area contributed by atoms with E-state index in [1.54, 1.807) is 25.9 Å². The highest BCUT2D eigenvalue weighted by molar-refractivity contribution is 14.0. The molecule has 0 aliphatic carbocycles. The third-order valence-electron chi connectivity index (χ3n) is 3.11. The zero-order valence-electron chi connectivity index (χ0n) is 14.3. The van der Waals surface area contributed by atoms with Crippen LogP contribution in [0.1, 0.15) is 5.56 Å². The minimum atomic E-state index is -0.0259. The molecule has 0 heterocycles. The molecular weight excluding hydrogens is 459 g/mol. The van der Waals surface area contributed by atoms with E-state index in [2.05, 4.69) is 21.9 Å².